The number of likely N-dealkylation sites (tertiary alicyclic amines) is 1. The molecule has 0 unspecified atom stereocenters. The van der Waals surface area contributed by atoms with Crippen molar-refractivity contribution in [2.75, 3.05) is 40.0 Å². The van der Waals surface area contributed by atoms with Crippen molar-refractivity contribution in [1.29, 1.82) is 0 Å². The molecule has 1 saturated carbocycles. The predicted molar refractivity (Wildman–Crippen MR) is 65.4 cm³/mol. The van der Waals surface area contributed by atoms with Crippen LogP contribution < -0.4 is 0 Å². The average Bonchev–Trinajstić information content (AvgIpc) is 3.00. The maximum atomic E-state index is 12.4. The normalized spacial score (nSPS) is 25.1. The summed E-state index contributed by atoms with van der Waals surface area (Å²) in [4.78, 5) is 2.50. The Morgan fingerprint density at radius 1 is 1.31 bits per heavy atom. The fourth-order valence-corrected chi connectivity index (χ4v) is 2.60. The second kappa shape index (κ2) is 5.97. The van der Waals surface area contributed by atoms with Crippen molar-refractivity contribution in [3.05, 3.63) is 0 Å². The first-order valence-corrected chi connectivity index (χ1v) is 6.05. The number of piperidine rings is 1. The van der Waals surface area contributed by atoms with Crippen LogP contribution in [0.1, 0.15) is 33.1 Å². The lowest BCUT2D eigenvalue weighted by Gasteiger charge is -2.33. The molecule has 2 fully saturated rings. The molecule has 0 aromatic carbocycles. The molecule has 96 valence electrons. The predicted octanol–water partition coefficient (Wildman–Crippen LogP) is 2.73. The number of hydrogen-bond donors (Lipinski definition) is 0. The van der Waals surface area contributed by atoms with E-state index in [0.29, 0.717) is 11.3 Å². The van der Waals surface area contributed by atoms with Crippen LogP contribution in [-0.4, -0.2) is 44.9 Å². The van der Waals surface area contributed by atoms with E-state index in [9.17, 15) is 4.39 Å². The highest BCUT2D eigenvalue weighted by Gasteiger charge is 2.44. The largest absolute Gasteiger partial charge is 0.384 e. The van der Waals surface area contributed by atoms with Gasteiger partial charge in [0.2, 0.25) is 0 Å². The van der Waals surface area contributed by atoms with E-state index in [1.807, 2.05) is 0 Å². The summed E-state index contributed by atoms with van der Waals surface area (Å²) in [6, 6.07) is 0. The third-order valence-electron chi connectivity index (χ3n) is 3.89. The number of methoxy groups -OCH3 is 1. The van der Waals surface area contributed by atoms with Gasteiger partial charge in [-0.25, -0.2) is 0 Å². The van der Waals surface area contributed by atoms with E-state index in [1.54, 1.807) is 7.11 Å². The summed E-state index contributed by atoms with van der Waals surface area (Å²) in [6.45, 7) is 4.10. The van der Waals surface area contributed by atoms with E-state index in [2.05, 4.69) is 4.90 Å². The molecule has 16 heavy (non-hydrogen) atoms. The van der Waals surface area contributed by atoms with Crippen molar-refractivity contribution in [3.8, 4) is 0 Å². The SMILES string of the molecule is C.COCC1(CN2CCC(CF)CC2)CC1. The quantitative estimate of drug-likeness (QED) is 0.721. The van der Waals surface area contributed by atoms with Crippen LogP contribution in [0.2, 0.25) is 0 Å². The second-order valence-corrected chi connectivity index (χ2v) is 5.31. The van der Waals surface area contributed by atoms with Gasteiger partial charge in [0.25, 0.3) is 0 Å². The lowest BCUT2D eigenvalue weighted by atomic mass is 9.97. The standard InChI is InChI=1S/C12H22FNO.CH4/c1-15-10-12(4-5-12)9-14-6-2-11(8-13)3-7-14;/h11H,2-10H2,1H3;1H4. The molecule has 1 heterocycles. The molecule has 3 heteroatoms. The van der Waals surface area contributed by atoms with Crippen molar-refractivity contribution in [3.63, 3.8) is 0 Å². The minimum absolute atomic E-state index is 0. The Balaban J connectivity index is 0.00000128. The topological polar surface area (TPSA) is 12.5 Å². The van der Waals surface area contributed by atoms with E-state index >= 15 is 0 Å². The lowest BCUT2D eigenvalue weighted by molar-refractivity contribution is 0.0874. The lowest BCUT2D eigenvalue weighted by Crippen LogP contribution is -2.39. The number of alkyl halides is 1. The Morgan fingerprint density at radius 2 is 1.94 bits per heavy atom. The summed E-state index contributed by atoms with van der Waals surface area (Å²) in [5, 5.41) is 0. The Morgan fingerprint density at radius 3 is 2.38 bits per heavy atom. The second-order valence-electron chi connectivity index (χ2n) is 5.31. The molecule has 0 amide bonds. The minimum Gasteiger partial charge on any atom is -0.384 e. The van der Waals surface area contributed by atoms with Crippen LogP contribution in [0.15, 0.2) is 0 Å². The van der Waals surface area contributed by atoms with Crippen molar-refractivity contribution in [2.24, 2.45) is 11.3 Å². The first kappa shape index (κ1) is 13.9. The first-order chi connectivity index (χ1) is 7.28. The Labute approximate surface area is 99.2 Å². The molecule has 2 rings (SSSR count). The van der Waals surface area contributed by atoms with Crippen LogP contribution in [-0.2, 0) is 4.74 Å². The molecule has 1 saturated heterocycles. The highest BCUT2D eigenvalue weighted by atomic mass is 19.1. The van der Waals surface area contributed by atoms with Crippen LogP contribution in [0.4, 0.5) is 4.39 Å². The zero-order chi connectivity index (χ0) is 10.7. The maximum absolute atomic E-state index is 12.4. The molecular weight excluding hydrogens is 205 g/mol. The third-order valence-corrected chi connectivity index (χ3v) is 3.89. The molecule has 0 aromatic rings. The number of halogens is 1. The van der Waals surface area contributed by atoms with Gasteiger partial charge in [0, 0.05) is 19.1 Å². The molecule has 0 bridgehead atoms. The molecule has 0 radical (unpaired) electrons. The summed E-state index contributed by atoms with van der Waals surface area (Å²) in [5.74, 6) is 0.332. The van der Waals surface area contributed by atoms with Gasteiger partial charge in [0.15, 0.2) is 0 Å². The van der Waals surface area contributed by atoms with Gasteiger partial charge in [-0.3, -0.25) is 4.39 Å². The van der Waals surface area contributed by atoms with E-state index < -0.39 is 0 Å². The Kier molecular flexibility index (Phi) is 5.19. The van der Waals surface area contributed by atoms with E-state index in [0.717, 1.165) is 32.5 Å². The molecule has 1 aliphatic heterocycles. The Bertz CT molecular complexity index is 198. The zero-order valence-corrected chi connectivity index (χ0v) is 9.67. The number of ether oxygens (including phenoxy) is 1. The molecule has 0 spiro atoms. The summed E-state index contributed by atoms with van der Waals surface area (Å²) in [5.41, 5.74) is 0.456. The van der Waals surface area contributed by atoms with Gasteiger partial charge in [-0.05, 0) is 44.7 Å². The highest BCUT2D eigenvalue weighted by Crippen LogP contribution is 2.46. The monoisotopic (exact) mass is 231 g/mol. The van der Waals surface area contributed by atoms with Gasteiger partial charge in [-0.2, -0.15) is 0 Å². The van der Waals surface area contributed by atoms with Gasteiger partial charge >= 0.3 is 0 Å². The fourth-order valence-electron chi connectivity index (χ4n) is 2.60. The van der Waals surface area contributed by atoms with Gasteiger partial charge in [0.1, 0.15) is 0 Å². The molecule has 0 N–H and O–H groups in total. The summed E-state index contributed by atoms with van der Waals surface area (Å²) >= 11 is 0. The van der Waals surface area contributed by atoms with Crippen LogP contribution in [0.3, 0.4) is 0 Å². The van der Waals surface area contributed by atoms with Crippen molar-refractivity contribution >= 4 is 0 Å². The van der Waals surface area contributed by atoms with Crippen LogP contribution >= 0.6 is 0 Å². The summed E-state index contributed by atoms with van der Waals surface area (Å²) < 4.78 is 17.7. The fraction of sp³-hybridized carbons (Fsp3) is 1.00. The molecule has 0 atom stereocenters. The molecular formula is C13H26FNO. The van der Waals surface area contributed by atoms with Crippen LogP contribution in [0.5, 0.6) is 0 Å². The van der Waals surface area contributed by atoms with Crippen molar-refractivity contribution < 1.29 is 9.13 Å². The first-order valence-electron chi connectivity index (χ1n) is 6.05. The number of hydrogen-bond acceptors (Lipinski definition) is 2. The van der Waals surface area contributed by atoms with Gasteiger partial charge in [-0.15, -0.1) is 0 Å². The summed E-state index contributed by atoms with van der Waals surface area (Å²) in [6.07, 6.45) is 4.70. The zero-order valence-electron chi connectivity index (χ0n) is 9.67. The summed E-state index contributed by atoms with van der Waals surface area (Å²) in [7, 11) is 1.79. The van der Waals surface area contributed by atoms with Gasteiger partial charge in [-0.1, -0.05) is 7.43 Å². The molecule has 0 aromatic heterocycles. The van der Waals surface area contributed by atoms with Crippen LogP contribution in [0, 0.1) is 11.3 Å². The molecule has 2 aliphatic rings. The van der Waals surface area contributed by atoms with Crippen LogP contribution in [0.25, 0.3) is 0 Å². The smallest absolute Gasteiger partial charge is 0.0923 e. The van der Waals surface area contributed by atoms with Gasteiger partial charge < -0.3 is 9.64 Å². The molecule has 2 nitrogen and oxygen atoms in total. The maximum Gasteiger partial charge on any atom is 0.0923 e. The van der Waals surface area contributed by atoms with E-state index in [-0.39, 0.29) is 14.1 Å². The van der Waals surface area contributed by atoms with Crippen molar-refractivity contribution in [1.82, 2.24) is 4.90 Å². The highest BCUT2D eigenvalue weighted by molar-refractivity contribution is 4.96. The van der Waals surface area contributed by atoms with E-state index in [4.69, 9.17) is 4.74 Å². The third kappa shape index (κ3) is 3.42. The molecule has 1 aliphatic carbocycles. The van der Waals surface area contributed by atoms with Crippen molar-refractivity contribution in [2.45, 2.75) is 33.1 Å². The van der Waals surface area contributed by atoms with Gasteiger partial charge in [0.05, 0.1) is 13.3 Å². The Hall–Kier alpha value is -0.150. The van der Waals surface area contributed by atoms with E-state index in [1.165, 1.54) is 19.4 Å². The minimum atomic E-state index is -0.128. The average molecular weight is 231 g/mol. The number of rotatable bonds is 5. The number of nitrogens with zero attached hydrogens (tertiary/aromatic N) is 1.